The van der Waals surface area contributed by atoms with Gasteiger partial charge in [-0.2, -0.15) is 5.10 Å². The van der Waals surface area contributed by atoms with Crippen LogP contribution < -0.4 is 5.43 Å². The lowest BCUT2D eigenvalue weighted by molar-refractivity contribution is -0.385. The molecule has 3 rings (SSSR count). The number of amides is 1. The molecule has 3 aromatic rings. The molecule has 7 nitrogen and oxygen atoms in total. The summed E-state index contributed by atoms with van der Waals surface area (Å²) < 4.78 is 1.95. The lowest BCUT2D eigenvalue weighted by atomic mass is 10.1. The molecule has 0 unspecified atom stereocenters. The maximum Gasteiger partial charge on any atom is 0.273 e. The van der Waals surface area contributed by atoms with E-state index >= 15 is 0 Å². The van der Waals surface area contributed by atoms with E-state index in [4.69, 9.17) is 23.2 Å². The highest BCUT2D eigenvalue weighted by Gasteiger charge is 2.15. The molecule has 0 spiro atoms. The number of para-hydroxylation sites is 1. The molecule has 0 aliphatic carbocycles. The highest BCUT2D eigenvalue weighted by molar-refractivity contribution is 6.34. The van der Waals surface area contributed by atoms with Crippen LogP contribution in [0.3, 0.4) is 0 Å². The largest absolute Gasteiger partial charge is 0.316 e. The Morgan fingerprint density at radius 2 is 1.93 bits per heavy atom. The third-order valence-electron chi connectivity index (χ3n) is 4.55. The van der Waals surface area contributed by atoms with Crippen LogP contribution in [0.5, 0.6) is 0 Å². The van der Waals surface area contributed by atoms with Gasteiger partial charge in [-0.15, -0.1) is 0 Å². The van der Waals surface area contributed by atoms with Crippen LogP contribution in [-0.2, 0) is 11.2 Å². The molecule has 1 aromatic heterocycles. The predicted octanol–water partition coefficient (Wildman–Crippen LogP) is 5.00. The minimum absolute atomic E-state index is 0.0985. The maximum absolute atomic E-state index is 12.2. The molecule has 2 aromatic carbocycles. The third-order valence-corrected chi connectivity index (χ3v) is 5.11. The molecule has 0 saturated carbocycles. The van der Waals surface area contributed by atoms with E-state index in [1.54, 1.807) is 36.4 Å². The fourth-order valence-corrected chi connectivity index (χ4v) is 3.54. The van der Waals surface area contributed by atoms with Crippen molar-refractivity contribution in [1.29, 1.82) is 0 Å². The number of hydrogen-bond donors (Lipinski definition) is 1. The van der Waals surface area contributed by atoms with Gasteiger partial charge in [-0.3, -0.25) is 14.9 Å². The monoisotopic (exact) mass is 444 g/mol. The van der Waals surface area contributed by atoms with Gasteiger partial charge < -0.3 is 4.57 Å². The van der Waals surface area contributed by atoms with Crippen LogP contribution in [0.4, 0.5) is 5.69 Å². The predicted molar refractivity (Wildman–Crippen MR) is 118 cm³/mol. The molecule has 154 valence electrons. The van der Waals surface area contributed by atoms with Gasteiger partial charge in [-0.1, -0.05) is 41.4 Å². The summed E-state index contributed by atoms with van der Waals surface area (Å²) >= 11 is 12.4. The summed E-state index contributed by atoms with van der Waals surface area (Å²) in [6, 6.07) is 13.2. The zero-order valence-electron chi connectivity index (χ0n) is 16.2. The van der Waals surface area contributed by atoms with Gasteiger partial charge in [0.25, 0.3) is 5.69 Å². The molecule has 1 heterocycles. The van der Waals surface area contributed by atoms with Crippen molar-refractivity contribution < 1.29 is 9.72 Å². The number of nitro benzene ring substituents is 1. The Morgan fingerprint density at radius 1 is 1.20 bits per heavy atom. The van der Waals surface area contributed by atoms with Crippen molar-refractivity contribution in [3.8, 4) is 5.69 Å². The van der Waals surface area contributed by atoms with Crippen molar-refractivity contribution in [1.82, 2.24) is 9.99 Å². The third kappa shape index (κ3) is 4.69. The Morgan fingerprint density at radius 3 is 2.67 bits per heavy atom. The first-order valence-corrected chi connectivity index (χ1v) is 9.72. The topological polar surface area (TPSA) is 89.5 Å². The Labute approximate surface area is 183 Å². The first kappa shape index (κ1) is 21.5. The second-order valence-electron chi connectivity index (χ2n) is 6.61. The van der Waals surface area contributed by atoms with Crippen LogP contribution in [0.1, 0.15) is 22.5 Å². The number of nitro groups is 1. The number of benzene rings is 2. The van der Waals surface area contributed by atoms with E-state index < -0.39 is 10.8 Å². The number of aromatic nitrogens is 1. The molecule has 0 aliphatic rings. The number of halogens is 2. The molecule has 1 amide bonds. The Hall–Kier alpha value is -3.16. The molecule has 30 heavy (non-hydrogen) atoms. The Bertz CT molecular complexity index is 1160. The fourth-order valence-electron chi connectivity index (χ4n) is 3.17. The van der Waals surface area contributed by atoms with Gasteiger partial charge in [0.05, 0.1) is 28.3 Å². The number of carbonyl (C=O) groups is 1. The highest BCUT2D eigenvalue weighted by atomic mass is 35.5. The minimum atomic E-state index is -0.512. The lowest BCUT2D eigenvalue weighted by Crippen LogP contribution is -2.20. The van der Waals surface area contributed by atoms with E-state index in [0.717, 1.165) is 22.6 Å². The summed E-state index contributed by atoms with van der Waals surface area (Å²) in [7, 11) is 0. The summed E-state index contributed by atoms with van der Waals surface area (Å²) in [5.41, 5.74) is 5.96. The number of nitrogens with one attached hydrogen (secondary N) is 1. The van der Waals surface area contributed by atoms with Crippen LogP contribution in [0.15, 0.2) is 53.6 Å². The van der Waals surface area contributed by atoms with Crippen molar-refractivity contribution in [3.05, 3.63) is 91.2 Å². The number of carbonyl (C=O) groups excluding carboxylic acids is 1. The molecule has 0 fully saturated rings. The van der Waals surface area contributed by atoms with Gasteiger partial charge in [-0.05, 0) is 38.1 Å². The molecule has 1 N–H and O–H groups in total. The average molecular weight is 445 g/mol. The molecule has 0 aliphatic heterocycles. The summed E-state index contributed by atoms with van der Waals surface area (Å²) in [6.45, 7) is 3.83. The molecule has 0 atom stereocenters. The van der Waals surface area contributed by atoms with Crippen LogP contribution in [0.25, 0.3) is 5.69 Å². The number of nitrogens with zero attached hydrogens (tertiary/aromatic N) is 3. The SMILES string of the molecule is Cc1cc(C=NNC(=O)Cc2ccccc2[N+](=O)[O-])c(C)n1-c1cc(Cl)ccc1Cl. The quantitative estimate of drug-likeness (QED) is 0.329. The van der Waals surface area contributed by atoms with Crippen LogP contribution >= 0.6 is 23.2 Å². The summed E-state index contributed by atoms with van der Waals surface area (Å²) in [6.07, 6.45) is 1.38. The average Bonchev–Trinajstić information content (AvgIpc) is 2.97. The molecular formula is C21H18Cl2N4O3. The van der Waals surface area contributed by atoms with Crippen molar-refractivity contribution in [2.75, 3.05) is 0 Å². The van der Waals surface area contributed by atoms with Crippen molar-refractivity contribution in [3.63, 3.8) is 0 Å². The van der Waals surface area contributed by atoms with E-state index in [1.165, 1.54) is 12.3 Å². The molecule has 0 saturated heterocycles. The smallest absolute Gasteiger partial charge is 0.273 e. The minimum Gasteiger partial charge on any atom is -0.316 e. The lowest BCUT2D eigenvalue weighted by Gasteiger charge is -2.12. The zero-order chi connectivity index (χ0) is 21.8. The van der Waals surface area contributed by atoms with E-state index in [1.807, 2.05) is 24.5 Å². The first-order valence-electron chi connectivity index (χ1n) is 8.96. The number of hydrogen-bond acceptors (Lipinski definition) is 4. The molecule has 0 radical (unpaired) electrons. The second kappa shape index (κ2) is 9.11. The maximum atomic E-state index is 12.2. The van der Waals surface area contributed by atoms with E-state index in [9.17, 15) is 14.9 Å². The standard InChI is InChI=1S/C21H18Cl2N4O3/c1-13-9-16(14(2)26(13)20-11-17(22)7-8-18(20)23)12-24-25-21(28)10-15-5-3-4-6-19(15)27(29)30/h3-9,11-12H,10H2,1-2H3,(H,25,28). The molecular weight excluding hydrogens is 427 g/mol. The van der Waals surface area contributed by atoms with Crippen LogP contribution in [-0.4, -0.2) is 21.6 Å². The van der Waals surface area contributed by atoms with Crippen molar-refractivity contribution in [2.45, 2.75) is 20.3 Å². The summed E-state index contributed by atoms with van der Waals surface area (Å²) in [5.74, 6) is -0.452. The normalized spacial score (nSPS) is 11.1. The van der Waals surface area contributed by atoms with Gasteiger partial charge in [0.1, 0.15) is 0 Å². The van der Waals surface area contributed by atoms with Gasteiger partial charge in [0, 0.05) is 33.6 Å². The molecule has 0 bridgehead atoms. The highest BCUT2D eigenvalue weighted by Crippen LogP contribution is 2.28. The first-order chi connectivity index (χ1) is 14.3. The Balaban J connectivity index is 1.75. The van der Waals surface area contributed by atoms with Gasteiger partial charge in [0.15, 0.2) is 0 Å². The van der Waals surface area contributed by atoms with Gasteiger partial charge in [0.2, 0.25) is 5.91 Å². The zero-order valence-corrected chi connectivity index (χ0v) is 17.7. The van der Waals surface area contributed by atoms with E-state index in [2.05, 4.69) is 10.5 Å². The van der Waals surface area contributed by atoms with Crippen molar-refractivity contribution >= 4 is 41.0 Å². The van der Waals surface area contributed by atoms with Crippen molar-refractivity contribution in [2.24, 2.45) is 5.10 Å². The number of rotatable bonds is 6. The summed E-state index contributed by atoms with van der Waals surface area (Å²) in [4.78, 5) is 22.7. The van der Waals surface area contributed by atoms with E-state index in [-0.39, 0.29) is 12.1 Å². The Kier molecular flexibility index (Phi) is 6.54. The van der Waals surface area contributed by atoms with Gasteiger partial charge in [-0.25, -0.2) is 5.43 Å². The summed E-state index contributed by atoms with van der Waals surface area (Å²) in [5, 5.41) is 16.2. The van der Waals surface area contributed by atoms with Crippen LogP contribution in [0, 0.1) is 24.0 Å². The van der Waals surface area contributed by atoms with E-state index in [0.29, 0.717) is 15.6 Å². The fraction of sp³-hybridized carbons (Fsp3) is 0.143. The second-order valence-corrected chi connectivity index (χ2v) is 7.46. The van der Waals surface area contributed by atoms with Gasteiger partial charge >= 0.3 is 0 Å². The number of hydrazone groups is 1. The number of aryl methyl sites for hydroxylation is 1. The van der Waals surface area contributed by atoms with Crippen LogP contribution in [0.2, 0.25) is 10.0 Å². The molecule has 9 heteroatoms.